The summed E-state index contributed by atoms with van der Waals surface area (Å²) in [5, 5.41) is 0. The average molecular weight is 494 g/mol. The van der Waals surface area contributed by atoms with Crippen LogP contribution < -0.4 is 4.90 Å². The lowest BCUT2D eigenvalue weighted by molar-refractivity contribution is -0.142. The van der Waals surface area contributed by atoms with Crippen molar-refractivity contribution in [2.24, 2.45) is 23.2 Å². The molecule has 36 heavy (non-hydrogen) atoms. The number of likely N-dealkylation sites (tertiary alicyclic amines) is 2. The Bertz CT molecular complexity index is 909. The number of hydrogen-bond acceptors (Lipinski definition) is 6. The number of ketones is 1. The predicted molar refractivity (Wildman–Crippen MR) is 144 cm³/mol. The highest BCUT2D eigenvalue weighted by atomic mass is 16.1. The van der Waals surface area contributed by atoms with Crippen LogP contribution in [0.15, 0.2) is 12.4 Å². The summed E-state index contributed by atoms with van der Waals surface area (Å²) in [6.45, 7) is 14.7. The molecule has 0 amide bonds. The van der Waals surface area contributed by atoms with Gasteiger partial charge < -0.3 is 9.80 Å². The van der Waals surface area contributed by atoms with E-state index < -0.39 is 0 Å². The van der Waals surface area contributed by atoms with Gasteiger partial charge in [-0.25, -0.2) is 9.97 Å². The van der Waals surface area contributed by atoms with Crippen LogP contribution in [0.1, 0.15) is 90.5 Å². The first-order valence-corrected chi connectivity index (χ1v) is 14.9. The van der Waals surface area contributed by atoms with Gasteiger partial charge in [0, 0.05) is 62.0 Å². The van der Waals surface area contributed by atoms with Gasteiger partial charge in [-0.15, -0.1) is 0 Å². The second kappa shape index (κ2) is 9.65. The van der Waals surface area contributed by atoms with E-state index >= 15 is 0 Å². The molecule has 0 aromatic carbocycles. The number of piperidine rings is 1. The number of piperazine rings is 1. The molecule has 2 aliphatic carbocycles. The summed E-state index contributed by atoms with van der Waals surface area (Å²) in [5.74, 6) is 3.50. The number of Topliss-reactive ketones (excluding diaryl/α,β-unsaturated/α-hetero) is 1. The Morgan fingerprint density at radius 2 is 1.56 bits per heavy atom. The molecule has 198 valence electrons. The standard InChI is InChI=1S/C30H47N5O/c1-20(2)28(36)24-13-30(14-24)11-22(12-30)17-33-9-7-23(8-10-33)25-15-31-29(32-16-25)35-26-5-6-27(35)19-34(18-26)21(3)4/h15-16,20-24,26-27H,5-14,17-19H2,1-4H3/t22-,24-,26?,27?,30?. The molecule has 1 aromatic heterocycles. The smallest absolute Gasteiger partial charge is 0.225 e. The maximum Gasteiger partial charge on any atom is 0.225 e. The number of aromatic nitrogens is 2. The normalized spacial score (nSPS) is 35.4. The molecule has 0 N–H and O–H groups in total. The van der Waals surface area contributed by atoms with Gasteiger partial charge in [0.2, 0.25) is 5.95 Å². The third-order valence-electron chi connectivity index (χ3n) is 10.5. The largest absolute Gasteiger partial charge is 0.332 e. The van der Waals surface area contributed by atoms with Crippen LogP contribution in [0.2, 0.25) is 0 Å². The zero-order valence-corrected chi connectivity index (χ0v) is 23.0. The van der Waals surface area contributed by atoms with Crippen LogP contribution in [-0.2, 0) is 4.79 Å². The monoisotopic (exact) mass is 493 g/mol. The van der Waals surface area contributed by atoms with Crippen molar-refractivity contribution in [3.8, 4) is 0 Å². The number of carbonyl (C=O) groups is 1. The first-order chi connectivity index (χ1) is 17.3. The molecule has 0 radical (unpaired) electrons. The minimum atomic E-state index is 0.210. The highest BCUT2D eigenvalue weighted by Crippen LogP contribution is 2.61. The van der Waals surface area contributed by atoms with Gasteiger partial charge in [0.05, 0.1) is 0 Å². The van der Waals surface area contributed by atoms with E-state index in [-0.39, 0.29) is 5.92 Å². The van der Waals surface area contributed by atoms with Crippen molar-refractivity contribution in [1.82, 2.24) is 19.8 Å². The van der Waals surface area contributed by atoms with E-state index in [9.17, 15) is 4.79 Å². The van der Waals surface area contributed by atoms with Crippen molar-refractivity contribution < 1.29 is 4.79 Å². The molecule has 5 fully saturated rings. The Morgan fingerprint density at radius 3 is 2.11 bits per heavy atom. The Kier molecular flexibility index (Phi) is 6.64. The quantitative estimate of drug-likeness (QED) is 0.546. The molecule has 4 heterocycles. The molecule has 1 aromatic rings. The fraction of sp³-hybridized carbons (Fsp3) is 0.833. The summed E-state index contributed by atoms with van der Waals surface area (Å²) >= 11 is 0. The number of hydrogen-bond donors (Lipinski definition) is 0. The van der Waals surface area contributed by atoms with Gasteiger partial charge in [0.1, 0.15) is 5.78 Å². The van der Waals surface area contributed by atoms with Gasteiger partial charge in [-0.05, 0) is 101 Å². The molecule has 2 atom stereocenters. The van der Waals surface area contributed by atoms with E-state index in [1.54, 1.807) is 0 Å². The summed E-state index contributed by atoms with van der Waals surface area (Å²) in [5.41, 5.74) is 1.88. The molecule has 2 saturated carbocycles. The second-order valence-corrected chi connectivity index (χ2v) is 13.7. The van der Waals surface area contributed by atoms with Crippen molar-refractivity contribution in [3.05, 3.63) is 18.0 Å². The Balaban J connectivity index is 0.952. The zero-order chi connectivity index (χ0) is 25.0. The first-order valence-electron chi connectivity index (χ1n) is 14.9. The van der Waals surface area contributed by atoms with Gasteiger partial charge in [0.25, 0.3) is 0 Å². The van der Waals surface area contributed by atoms with Gasteiger partial charge >= 0.3 is 0 Å². The van der Waals surface area contributed by atoms with Crippen molar-refractivity contribution in [2.45, 2.75) is 103 Å². The SMILES string of the molecule is CC(C)C(=O)[C@H]1CC2(C[C@H](CN3CCC(c4cnc(N5C6CCC5CN(C(C)C)C6)nc4)CC3)C2)C1. The maximum absolute atomic E-state index is 12.2. The van der Waals surface area contributed by atoms with Crippen LogP contribution >= 0.6 is 0 Å². The van der Waals surface area contributed by atoms with E-state index in [0.29, 0.717) is 41.2 Å². The Morgan fingerprint density at radius 1 is 0.944 bits per heavy atom. The summed E-state index contributed by atoms with van der Waals surface area (Å²) in [7, 11) is 0. The van der Waals surface area contributed by atoms with Crippen molar-refractivity contribution >= 4 is 11.7 Å². The molecule has 3 saturated heterocycles. The lowest BCUT2D eigenvalue weighted by Gasteiger charge is -2.58. The van der Waals surface area contributed by atoms with Gasteiger partial charge in [-0.2, -0.15) is 0 Å². The minimum absolute atomic E-state index is 0.210. The molecular formula is C30H47N5O. The van der Waals surface area contributed by atoms with Crippen molar-refractivity contribution in [2.75, 3.05) is 37.6 Å². The average Bonchev–Trinajstić information content (AvgIpc) is 3.08. The maximum atomic E-state index is 12.2. The number of anilines is 1. The first kappa shape index (κ1) is 24.8. The molecule has 2 bridgehead atoms. The highest BCUT2D eigenvalue weighted by molar-refractivity contribution is 5.83. The van der Waals surface area contributed by atoms with Crippen LogP contribution in [0.25, 0.3) is 0 Å². The minimum Gasteiger partial charge on any atom is -0.332 e. The third-order valence-corrected chi connectivity index (χ3v) is 10.5. The van der Waals surface area contributed by atoms with Crippen LogP contribution in [0.5, 0.6) is 0 Å². The van der Waals surface area contributed by atoms with Crippen LogP contribution in [0.3, 0.4) is 0 Å². The summed E-state index contributed by atoms with van der Waals surface area (Å²) in [6, 6.07) is 1.78. The molecule has 6 rings (SSSR count). The van der Waals surface area contributed by atoms with E-state index in [2.05, 4.69) is 54.8 Å². The van der Waals surface area contributed by atoms with E-state index in [1.165, 1.54) is 76.6 Å². The van der Waals surface area contributed by atoms with E-state index in [1.807, 2.05) is 0 Å². The number of fused-ring (bicyclic) bond motifs is 2. The molecule has 6 nitrogen and oxygen atoms in total. The van der Waals surface area contributed by atoms with Crippen molar-refractivity contribution in [1.29, 1.82) is 0 Å². The van der Waals surface area contributed by atoms with Crippen LogP contribution in [0.4, 0.5) is 5.95 Å². The van der Waals surface area contributed by atoms with Gasteiger partial charge in [0.15, 0.2) is 0 Å². The van der Waals surface area contributed by atoms with Crippen LogP contribution in [-0.4, -0.2) is 76.4 Å². The molecular weight excluding hydrogens is 446 g/mol. The lowest BCUT2D eigenvalue weighted by atomic mass is 9.47. The fourth-order valence-corrected chi connectivity index (χ4v) is 8.46. The fourth-order valence-electron chi connectivity index (χ4n) is 8.46. The summed E-state index contributed by atoms with van der Waals surface area (Å²) in [4.78, 5) is 29.9. The van der Waals surface area contributed by atoms with Crippen molar-refractivity contribution in [3.63, 3.8) is 0 Å². The topological polar surface area (TPSA) is 52.6 Å². The Labute approximate surface area is 218 Å². The Hall–Kier alpha value is -1.53. The number of carbonyl (C=O) groups excluding carboxylic acids is 1. The predicted octanol–water partition coefficient (Wildman–Crippen LogP) is 4.75. The molecule has 5 aliphatic rings. The van der Waals surface area contributed by atoms with Crippen LogP contribution in [0, 0.1) is 23.2 Å². The molecule has 2 unspecified atom stereocenters. The summed E-state index contributed by atoms with van der Waals surface area (Å²) < 4.78 is 0. The number of nitrogens with zero attached hydrogens (tertiary/aromatic N) is 5. The highest BCUT2D eigenvalue weighted by Gasteiger charge is 2.54. The second-order valence-electron chi connectivity index (χ2n) is 13.7. The van der Waals surface area contributed by atoms with E-state index in [4.69, 9.17) is 9.97 Å². The van der Waals surface area contributed by atoms with Gasteiger partial charge in [-0.1, -0.05) is 13.8 Å². The number of rotatable bonds is 7. The van der Waals surface area contributed by atoms with Gasteiger partial charge in [-0.3, -0.25) is 9.69 Å². The summed E-state index contributed by atoms with van der Waals surface area (Å²) in [6.07, 6.45) is 14.3. The third kappa shape index (κ3) is 4.62. The molecule has 6 heteroatoms. The van der Waals surface area contributed by atoms with E-state index in [0.717, 1.165) is 25.0 Å². The lowest BCUT2D eigenvalue weighted by Crippen LogP contribution is -2.56. The molecule has 3 aliphatic heterocycles. The zero-order valence-electron chi connectivity index (χ0n) is 23.0. The molecule has 1 spiro atoms.